The maximum Gasteiger partial charge on any atom is 0.263 e. The molecule has 1 aromatic heterocycles. The number of benzene rings is 1. The molecule has 0 radical (unpaired) electrons. The Bertz CT molecular complexity index is 685. The first-order chi connectivity index (χ1) is 9.58. The summed E-state index contributed by atoms with van der Waals surface area (Å²) in [5.74, 6) is 2.99. The summed E-state index contributed by atoms with van der Waals surface area (Å²) in [7, 11) is 1.58. The van der Waals surface area contributed by atoms with Crippen LogP contribution < -0.4 is 15.8 Å². The van der Waals surface area contributed by atoms with Gasteiger partial charge in [-0.25, -0.2) is 0 Å². The highest BCUT2D eigenvalue weighted by molar-refractivity contribution is 7.21. The lowest BCUT2D eigenvalue weighted by Crippen LogP contribution is -2.32. The number of hydrogen-bond donors (Lipinski definition) is 2. The lowest BCUT2D eigenvalue weighted by Gasteiger charge is -2.10. The van der Waals surface area contributed by atoms with Crippen molar-refractivity contribution >= 4 is 33.0 Å². The van der Waals surface area contributed by atoms with Crippen molar-refractivity contribution < 1.29 is 9.53 Å². The number of carbonyl (C=O) groups excluding carboxylic acids is 1. The summed E-state index contributed by atoms with van der Waals surface area (Å²) >= 11 is 1.35. The number of nitrogen functional groups attached to an aromatic ring is 1. The van der Waals surface area contributed by atoms with Gasteiger partial charge in [0.05, 0.1) is 18.2 Å². The first-order valence-corrected chi connectivity index (χ1v) is 6.99. The number of anilines is 1. The van der Waals surface area contributed by atoms with Crippen LogP contribution in [0.25, 0.3) is 10.1 Å². The largest absolute Gasteiger partial charge is 0.496 e. The zero-order chi connectivity index (χ0) is 14.7. The van der Waals surface area contributed by atoms with Gasteiger partial charge < -0.3 is 15.8 Å². The molecule has 20 heavy (non-hydrogen) atoms. The molecule has 1 heterocycles. The number of hydrogen-bond acceptors (Lipinski definition) is 4. The number of rotatable bonds is 4. The molecule has 2 rings (SSSR count). The van der Waals surface area contributed by atoms with E-state index in [2.05, 4.69) is 11.2 Å². The lowest BCUT2D eigenvalue weighted by molar-refractivity contribution is 0.0946. The Hall–Kier alpha value is -2.19. The molecular weight excluding hydrogens is 272 g/mol. The first-order valence-electron chi connectivity index (χ1n) is 6.17. The molecule has 3 N–H and O–H groups in total. The van der Waals surface area contributed by atoms with Crippen LogP contribution in [0.2, 0.25) is 0 Å². The number of amides is 1. The van der Waals surface area contributed by atoms with E-state index in [1.54, 1.807) is 7.11 Å². The number of ether oxygens (including phenoxy) is 1. The number of nitrogens with one attached hydrogen (secondary N) is 1. The molecule has 0 fully saturated rings. The lowest BCUT2D eigenvalue weighted by atomic mass is 10.2. The van der Waals surface area contributed by atoms with E-state index in [0.29, 0.717) is 22.7 Å². The fourth-order valence-electron chi connectivity index (χ4n) is 2.00. The summed E-state index contributed by atoms with van der Waals surface area (Å²) in [4.78, 5) is 12.7. The second-order valence-corrected chi connectivity index (χ2v) is 5.51. The molecule has 5 heteroatoms. The van der Waals surface area contributed by atoms with Crippen molar-refractivity contribution in [2.45, 2.75) is 19.4 Å². The molecular formula is C15H16N2O2S. The summed E-state index contributed by atoms with van der Waals surface area (Å²) in [6.07, 6.45) is 5.72. The standard InChI is InChI=1S/C15H16N2O2S/c1-4-6-9(2)17-15(18)14-13(16)12-10(19-3)7-5-8-11(12)20-14/h1,5,7-9H,6,16H2,2-3H3,(H,17,18). The predicted octanol–water partition coefficient (Wildman–Crippen LogP) is 2.63. The van der Waals surface area contributed by atoms with Crippen LogP contribution in [0.4, 0.5) is 5.69 Å². The Morgan fingerprint density at radius 2 is 2.35 bits per heavy atom. The van der Waals surface area contributed by atoms with Crippen LogP contribution in [0.1, 0.15) is 23.0 Å². The van der Waals surface area contributed by atoms with Crippen LogP contribution in [-0.4, -0.2) is 19.1 Å². The first kappa shape index (κ1) is 14.2. The van der Waals surface area contributed by atoms with Gasteiger partial charge in [0.1, 0.15) is 10.6 Å². The summed E-state index contributed by atoms with van der Waals surface area (Å²) in [5.41, 5.74) is 6.55. The fourth-order valence-corrected chi connectivity index (χ4v) is 3.04. The van der Waals surface area contributed by atoms with Gasteiger partial charge in [-0.3, -0.25) is 4.79 Å². The molecule has 1 amide bonds. The quantitative estimate of drug-likeness (QED) is 0.850. The molecule has 2 aromatic rings. The second-order valence-electron chi connectivity index (χ2n) is 4.46. The Labute approximate surface area is 121 Å². The van der Waals surface area contributed by atoms with Gasteiger partial charge in [0.15, 0.2) is 0 Å². The number of fused-ring (bicyclic) bond motifs is 1. The van der Waals surface area contributed by atoms with Gasteiger partial charge in [0, 0.05) is 17.2 Å². The highest BCUT2D eigenvalue weighted by atomic mass is 32.1. The zero-order valence-electron chi connectivity index (χ0n) is 11.4. The van der Waals surface area contributed by atoms with Crippen molar-refractivity contribution in [1.82, 2.24) is 5.32 Å². The average molecular weight is 288 g/mol. The molecule has 0 spiro atoms. The van der Waals surface area contributed by atoms with Crippen molar-refractivity contribution in [3.63, 3.8) is 0 Å². The maximum atomic E-state index is 12.2. The molecule has 0 saturated heterocycles. The van der Waals surface area contributed by atoms with Gasteiger partial charge in [-0.05, 0) is 19.1 Å². The van der Waals surface area contributed by atoms with E-state index < -0.39 is 0 Å². The number of terminal acetylenes is 1. The smallest absolute Gasteiger partial charge is 0.263 e. The molecule has 0 aliphatic heterocycles. The average Bonchev–Trinajstić information content (AvgIpc) is 2.76. The summed E-state index contributed by atoms with van der Waals surface area (Å²) in [6, 6.07) is 5.54. The molecule has 1 unspecified atom stereocenters. The van der Waals surface area contributed by atoms with Crippen molar-refractivity contribution in [1.29, 1.82) is 0 Å². The molecule has 1 atom stereocenters. The minimum absolute atomic E-state index is 0.0843. The highest BCUT2D eigenvalue weighted by Crippen LogP contribution is 2.39. The van der Waals surface area contributed by atoms with Gasteiger partial charge in [0.2, 0.25) is 0 Å². The van der Waals surface area contributed by atoms with Crippen molar-refractivity contribution in [3.8, 4) is 18.1 Å². The molecule has 104 valence electrons. The molecule has 0 aliphatic rings. The van der Waals surface area contributed by atoms with E-state index in [4.69, 9.17) is 16.9 Å². The third kappa shape index (κ3) is 2.56. The molecule has 0 saturated carbocycles. The van der Waals surface area contributed by atoms with Gasteiger partial charge in [-0.1, -0.05) is 6.07 Å². The number of nitrogens with two attached hydrogens (primary N) is 1. The van der Waals surface area contributed by atoms with E-state index in [0.717, 1.165) is 10.1 Å². The predicted molar refractivity (Wildman–Crippen MR) is 83.2 cm³/mol. The Morgan fingerprint density at radius 1 is 1.60 bits per heavy atom. The Morgan fingerprint density at radius 3 is 3.00 bits per heavy atom. The van der Waals surface area contributed by atoms with Crippen LogP contribution in [0.15, 0.2) is 18.2 Å². The van der Waals surface area contributed by atoms with Crippen LogP contribution in [0.3, 0.4) is 0 Å². The minimum Gasteiger partial charge on any atom is -0.496 e. The fraction of sp³-hybridized carbons (Fsp3) is 0.267. The van der Waals surface area contributed by atoms with Crippen LogP contribution >= 0.6 is 11.3 Å². The van der Waals surface area contributed by atoms with Crippen LogP contribution in [0.5, 0.6) is 5.75 Å². The van der Waals surface area contributed by atoms with Crippen molar-refractivity contribution in [2.24, 2.45) is 0 Å². The van der Waals surface area contributed by atoms with Crippen molar-refractivity contribution in [2.75, 3.05) is 12.8 Å². The molecule has 0 bridgehead atoms. The Balaban J connectivity index is 2.39. The minimum atomic E-state index is -0.200. The van der Waals surface area contributed by atoms with Crippen molar-refractivity contribution in [3.05, 3.63) is 23.1 Å². The highest BCUT2D eigenvalue weighted by Gasteiger charge is 2.19. The van der Waals surface area contributed by atoms with Gasteiger partial charge in [-0.15, -0.1) is 23.7 Å². The number of thiophene rings is 1. The Kier molecular flexibility index (Phi) is 4.16. The third-order valence-electron chi connectivity index (χ3n) is 2.94. The number of carbonyl (C=O) groups is 1. The summed E-state index contributed by atoms with van der Waals surface area (Å²) in [5, 5.41) is 3.63. The summed E-state index contributed by atoms with van der Waals surface area (Å²) in [6.45, 7) is 1.86. The van der Waals surface area contributed by atoms with E-state index in [-0.39, 0.29) is 11.9 Å². The summed E-state index contributed by atoms with van der Waals surface area (Å²) < 4.78 is 6.22. The monoisotopic (exact) mass is 288 g/mol. The SMILES string of the molecule is C#CCC(C)NC(=O)c1sc2cccc(OC)c2c1N. The van der Waals surface area contributed by atoms with Gasteiger partial charge in [-0.2, -0.15) is 0 Å². The normalized spacial score (nSPS) is 11.8. The van der Waals surface area contributed by atoms with E-state index in [1.165, 1.54) is 11.3 Å². The third-order valence-corrected chi connectivity index (χ3v) is 4.11. The van der Waals surface area contributed by atoms with E-state index >= 15 is 0 Å². The topological polar surface area (TPSA) is 64.3 Å². The van der Waals surface area contributed by atoms with E-state index in [9.17, 15) is 4.79 Å². The van der Waals surface area contributed by atoms with Crippen LogP contribution in [0, 0.1) is 12.3 Å². The second kappa shape index (κ2) is 5.85. The van der Waals surface area contributed by atoms with E-state index in [1.807, 2.05) is 25.1 Å². The maximum absolute atomic E-state index is 12.2. The molecule has 0 aliphatic carbocycles. The van der Waals surface area contributed by atoms with Gasteiger partial charge >= 0.3 is 0 Å². The zero-order valence-corrected chi connectivity index (χ0v) is 12.2. The molecule has 1 aromatic carbocycles. The number of methoxy groups -OCH3 is 1. The molecule has 4 nitrogen and oxygen atoms in total. The van der Waals surface area contributed by atoms with Crippen LogP contribution in [-0.2, 0) is 0 Å². The van der Waals surface area contributed by atoms with Gasteiger partial charge in [0.25, 0.3) is 5.91 Å².